The van der Waals surface area contributed by atoms with Crippen LogP contribution < -0.4 is 10.5 Å². The molecular weight excluding hydrogens is 278 g/mol. The van der Waals surface area contributed by atoms with Crippen molar-refractivity contribution in [1.82, 2.24) is 4.72 Å². The number of nitrogen functional groups attached to an aromatic ring is 1. The van der Waals surface area contributed by atoms with Crippen molar-refractivity contribution in [3.05, 3.63) is 23.8 Å². The van der Waals surface area contributed by atoms with E-state index in [4.69, 9.17) is 15.7 Å². The van der Waals surface area contributed by atoms with Gasteiger partial charge in [0.25, 0.3) is 0 Å². The SMILES string of the molecule is N#Cc1ccc(S(=O)(=O)NC2CC3CCC2O3)c(N)c1. The van der Waals surface area contributed by atoms with Gasteiger partial charge in [0.1, 0.15) is 4.90 Å². The third-order valence-corrected chi connectivity index (χ3v) is 5.40. The Hall–Kier alpha value is -1.62. The molecule has 2 aliphatic rings. The zero-order valence-electron chi connectivity index (χ0n) is 10.7. The summed E-state index contributed by atoms with van der Waals surface area (Å²) in [6.07, 6.45) is 2.74. The van der Waals surface area contributed by atoms with Crippen LogP contribution in [0.1, 0.15) is 24.8 Å². The van der Waals surface area contributed by atoms with E-state index in [1.807, 2.05) is 6.07 Å². The van der Waals surface area contributed by atoms with Crippen LogP contribution >= 0.6 is 0 Å². The van der Waals surface area contributed by atoms with Gasteiger partial charge >= 0.3 is 0 Å². The van der Waals surface area contributed by atoms with Gasteiger partial charge in [0.2, 0.25) is 10.0 Å². The Kier molecular flexibility index (Phi) is 3.17. The summed E-state index contributed by atoms with van der Waals surface area (Å²) >= 11 is 0. The molecule has 2 fully saturated rings. The predicted octanol–water partition coefficient (Wildman–Crippen LogP) is 0.739. The second-order valence-electron chi connectivity index (χ2n) is 5.20. The van der Waals surface area contributed by atoms with E-state index in [1.54, 1.807) is 0 Å². The Morgan fingerprint density at radius 1 is 1.40 bits per heavy atom. The van der Waals surface area contributed by atoms with Crippen LogP contribution in [0.3, 0.4) is 0 Å². The largest absolute Gasteiger partial charge is 0.398 e. The highest BCUT2D eigenvalue weighted by molar-refractivity contribution is 7.89. The molecule has 0 aromatic heterocycles. The van der Waals surface area contributed by atoms with Crippen LogP contribution in [0.15, 0.2) is 23.1 Å². The second-order valence-corrected chi connectivity index (χ2v) is 6.88. The van der Waals surface area contributed by atoms with Crippen molar-refractivity contribution >= 4 is 15.7 Å². The number of fused-ring (bicyclic) bond motifs is 2. The molecule has 0 aliphatic carbocycles. The van der Waals surface area contributed by atoms with E-state index in [0.717, 1.165) is 12.8 Å². The summed E-state index contributed by atoms with van der Waals surface area (Å²) in [5.74, 6) is 0. The molecule has 0 amide bonds. The quantitative estimate of drug-likeness (QED) is 0.800. The summed E-state index contributed by atoms with van der Waals surface area (Å²) in [6.45, 7) is 0. The first-order valence-corrected chi connectivity index (χ1v) is 7.95. The number of hydrogen-bond donors (Lipinski definition) is 2. The minimum absolute atomic E-state index is 0.0132. The average molecular weight is 293 g/mol. The van der Waals surface area contributed by atoms with E-state index in [9.17, 15) is 8.42 Å². The number of nitrogens with one attached hydrogen (secondary N) is 1. The third kappa shape index (κ3) is 2.26. The maximum Gasteiger partial charge on any atom is 0.242 e. The van der Waals surface area contributed by atoms with Crippen molar-refractivity contribution in [2.45, 2.75) is 42.4 Å². The summed E-state index contributed by atoms with van der Waals surface area (Å²) < 4.78 is 33.0. The highest BCUT2D eigenvalue weighted by Crippen LogP contribution is 2.35. The number of hydrogen-bond acceptors (Lipinski definition) is 5. The fraction of sp³-hybridized carbons (Fsp3) is 0.462. The topological polar surface area (TPSA) is 105 Å². The summed E-state index contributed by atoms with van der Waals surface area (Å²) in [6, 6.07) is 5.92. The van der Waals surface area contributed by atoms with E-state index in [1.165, 1.54) is 18.2 Å². The van der Waals surface area contributed by atoms with Crippen molar-refractivity contribution in [2.75, 3.05) is 5.73 Å². The van der Waals surface area contributed by atoms with E-state index in [0.29, 0.717) is 12.0 Å². The Morgan fingerprint density at radius 2 is 2.20 bits per heavy atom. The van der Waals surface area contributed by atoms with Crippen molar-refractivity contribution in [1.29, 1.82) is 5.26 Å². The monoisotopic (exact) mass is 293 g/mol. The number of nitrogens with two attached hydrogens (primary N) is 1. The fourth-order valence-electron chi connectivity index (χ4n) is 2.89. The molecule has 0 saturated carbocycles. The first-order chi connectivity index (χ1) is 9.49. The van der Waals surface area contributed by atoms with Crippen LogP contribution in [0.5, 0.6) is 0 Å². The van der Waals surface area contributed by atoms with Crippen LogP contribution in [0.25, 0.3) is 0 Å². The van der Waals surface area contributed by atoms with E-state index in [2.05, 4.69) is 4.72 Å². The van der Waals surface area contributed by atoms with Crippen LogP contribution in [-0.4, -0.2) is 26.7 Å². The summed E-state index contributed by atoms with van der Waals surface area (Å²) in [5.41, 5.74) is 6.15. The summed E-state index contributed by atoms with van der Waals surface area (Å²) in [5, 5.41) is 8.77. The highest BCUT2D eigenvalue weighted by atomic mass is 32.2. The molecule has 3 N–H and O–H groups in total. The number of sulfonamides is 1. The van der Waals surface area contributed by atoms with Gasteiger partial charge in [-0.05, 0) is 37.5 Å². The first kappa shape index (κ1) is 13.4. The fourth-order valence-corrected chi connectivity index (χ4v) is 4.28. The summed E-state index contributed by atoms with van der Waals surface area (Å²) in [7, 11) is -3.69. The molecule has 3 unspecified atom stereocenters. The Morgan fingerprint density at radius 3 is 2.75 bits per heavy atom. The lowest BCUT2D eigenvalue weighted by Crippen LogP contribution is -2.41. The number of anilines is 1. The van der Waals surface area contributed by atoms with Crippen molar-refractivity contribution in [3.63, 3.8) is 0 Å². The number of ether oxygens (including phenoxy) is 1. The molecule has 2 bridgehead atoms. The summed E-state index contributed by atoms with van der Waals surface area (Å²) in [4.78, 5) is 0.0132. The molecule has 20 heavy (non-hydrogen) atoms. The van der Waals surface area contributed by atoms with Gasteiger partial charge in [-0.15, -0.1) is 0 Å². The molecule has 0 spiro atoms. The minimum atomic E-state index is -3.69. The van der Waals surface area contributed by atoms with Gasteiger partial charge in [-0.3, -0.25) is 0 Å². The molecule has 106 valence electrons. The molecule has 3 atom stereocenters. The third-order valence-electron chi connectivity index (χ3n) is 3.84. The average Bonchev–Trinajstić information content (AvgIpc) is 2.99. The second kappa shape index (κ2) is 4.74. The molecule has 7 heteroatoms. The predicted molar refractivity (Wildman–Crippen MR) is 72.2 cm³/mol. The number of rotatable bonds is 3. The zero-order chi connectivity index (χ0) is 14.3. The van der Waals surface area contributed by atoms with E-state index < -0.39 is 10.0 Å². The molecule has 6 nitrogen and oxygen atoms in total. The molecule has 2 aliphatic heterocycles. The molecule has 1 aromatic carbocycles. The Labute approximate surface area is 117 Å². The molecule has 0 radical (unpaired) electrons. The van der Waals surface area contributed by atoms with Crippen LogP contribution in [-0.2, 0) is 14.8 Å². The van der Waals surface area contributed by atoms with Crippen LogP contribution in [0, 0.1) is 11.3 Å². The number of nitriles is 1. The Bertz CT molecular complexity index is 681. The first-order valence-electron chi connectivity index (χ1n) is 6.47. The van der Waals surface area contributed by atoms with Gasteiger partial charge in [0, 0.05) is 0 Å². The maximum absolute atomic E-state index is 12.4. The van der Waals surface area contributed by atoms with Crippen molar-refractivity contribution < 1.29 is 13.2 Å². The molecule has 2 saturated heterocycles. The molecule has 3 rings (SSSR count). The zero-order valence-corrected chi connectivity index (χ0v) is 11.6. The lowest BCUT2D eigenvalue weighted by Gasteiger charge is -2.20. The Balaban J connectivity index is 1.83. The van der Waals surface area contributed by atoms with Crippen molar-refractivity contribution in [3.8, 4) is 6.07 Å². The van der Waals surface area contributed by atoms with Gasteiger partial charge in [0.15, 0.2) is 0 Å². The van der Waals surface area contributed by atoms with Crippen LogP contribution in [0.4, 0.5) is 5.69 Å². The highest BCUT2D eigenvalue weighted by Gasteiger charge is 2.42. The lowest BCUT2D eigenvalue weighted by molar-refractivity contribution is 0.0996. The van der Waals surface area contributed by atoms with Crippen LogP contribution in [0.2, 0.25) is 0 Å². The molecular formula is C13H15N3O3S. The van der Waals surface area contributed by atoms with Crippen molar-refractivity contribution in [2.24, 2.45) is 0 Å². The standard InChI is InChI=1S/C13H15N3O3S/c14-7-8-1-4-13(10(15)5-8)20(17,18)16-11-6-9-2-3-12(11)19-9/h1,4-5,9,11-12,16H,2-3,6,15H2. The van der Waals surface area contributed by atoms with E-state index >= 15 is 0 Å². The van der Waals surface area contributed by atoms with E-state index in [-0.39, 0.29) is 28.8 Å². The normalized spacial score (nSPS) is 28.4. The maximum atomic E-state index is 12.4. The van der Waals surface area contributed by atoms with Gasteiger partial charge < -0.3 is 10.5 Å². The van der Waals surface area contributed by atoms with Gasteiger partial charge in [-0.1, -0.05) is 0 Å². The number of nitrogens with zero attached hydrogens (tertiary/aromatic N) is 1. The lowest BCUT2D eigenvalue weighted by atomic mass is 9.96. The molecule has 2 heterocycles. The molecule has 1 aromatic rings. The van der Waals surface area contributed by atoms with Gasteiger partial charge in [-0.25, -0.2) is 13.1 Å². The minimum Gasteiger partial charge on any atom is -0.398 e. The van der Waals surface area contributed by atoms with Gasteiger partial charge in [-0.2, -0.15) is 5.26 Å². The van der Waals surface area contributed by atoms with Gasteiger partial charge in [0.05, 0.1) is 35.6 Å². The smallest absolute Gasteiger partial charge is 0.242 e. The number of benzene rings is 1.